The quantitative estimate of drug-likeness (QED) is 0.889. The lowest BCUT2D eigenvalue weighted by Crippen LogP contribution is -2.48. The van der Waals surface area contributed by atoms with E-state index in [-0.39, 0.29) is 0 Å². The van der Waals surface area contributed by atoms with Gasteiger partial charge in [-0.25, -0.2) is 4.79 Å². The molecule has 2 rings (SSSR count). The molecule has 0 aromatic heterocycles. The summed E-state index contributed by atoms with van der Waals surface area (Å²) in [5.74, 6) is -0.756. The summed E-state index contributed by atoms with van der Waals surface area (Å²) in [6, 6.07) is 8.00. The molecule has 0 amide bonds. The standard InChI is InChI=1S/C15H21NO2/c1-3-12-6-8-13(9-7-12)15(2,14(17)18)16-10-4-5-11-16/h6-9H,3-5,10-11H2,1-2H3,(H,17,18). The number of hydrogen-bond acceptors (Lipinski definition) is 2. The summed E-state index contributed by atoms with van der Waals surface area (Å²) in [6.07, 6.45) is 3.17. The van der Waals surface area contributed by atoms with Crippen LogP contribution in [-0.2, 0) is 16.8 Å². The first-order valence-electron chi connectivity index (χ1n) is 6.67. The lowest BCUT2D eigenvalue weighted by atomic mass is 9.89. The highest BCUT2D eigenvalue weighted by atomic mass is 16.4. The molecule has 0 radical (unpaired) electrons. The number of carboxylic acid groups (broad SMARTS) is 1. The fraction of sp³-hybridized carbons (Fsp3) is 0.533. The lowest BCUT2D eigenvalue weighted by Gasteiger charge is -2.35. The molecule has 1 fully saturated rings. The average molecular weight is 247 g/mol. The number of likely N-dealkylation sites (tertiary alicyclic amines) is 1. The van der Waals surface area contributed by atoms with E-state index in [4.69, 9.17) is 0 Å². The molecule has 1 atom stereocenters. The second-order valence-corrected chi connectivity index (χ2v) is 5.12. The van der Waals surface area contributed by atoms with Crippen LogP contribution < -0.4 is 0 Å². The van der Waals surface area contributed by atoms with E-state index in [2.05, 4.69) is 11.8 Å². The maximum absolute atomic E-state index is 11.7. The molecule has 0 aliphatic carbocycles. The molecule has 98 valence electrons. The van der Waals surface area contributed by atoms with Gasteiger partial charge in [-0.3, -0.25) is 4.90 Å². The van der Waals surface area contributed by atoms with E-state index in [1.807, 2.05) is 31.2 Å². The second-order valence-electron chi connectivity index (χ2n) is 5.12. The molecule has 1 aliphatic heterocycles. The van der Waals surface area contributed by atoms with E-state index < -0.39 is 11.5 Å². The van der Waals surface area contributed by atoms with E-state index >= 15 is 0 Å². The first-order valence-corrected chi connectivity index (χ1v) is 6.67. The molecule has 3 heteroatoms. The minimum absolute atomic E-state index is 0.756. The van der Waals surface area contributed by atoms with Crippen molar-refractivity contribution in [1.29, 1.82) is 0 Å². The summed E-state index contributed by atoms with van der Waals surface area (Å²) in [4.78, 5) is 13.8. The molecule has 1 aromatic carbocycles. The van der Waals surface area contributed by atoms with Gasteiger partial charge in [-0.05, 0) is 50.4 Å². The number of rotatable bonds is 4. The zero-order chi connectivity index (χ0) is 13.2. The third kappa shape index (κ3) is 2.15. The van der Waals surface area contributed by atoms with Crippen molar-refractivity contribution in [1.82, 2.24) is 4.90 Å². The van der Waals surface area contributed by atoms with Crippen molar-refractivity contribution in [3.63, 3.8) is 0 Å². The van der Waals surface area contributed by atoms with Gasteiger partial charge in [0.1, 0.15) is 5.54 Å². The van der Waals surface area contributed by atoms with Crippen molar-refractivity contribution in [3.05, 3.63) is 35.4 Å². The molecule has 1 heterocycles. The summed E-state index contributed by atoms with van der Waals surface area (Å²) in [5.41, 5.74) is 1.24. The van der Waals surface area contributed by atoms with Crippen molar-refractivity contribution in [2.24, 2.45) is 0 Å². The minimum atomic E-state index is -0.886. The van der Waals surface area contributed by atoms with Crippen molar-refractivity contribution in [2.45, 2.75) is 38.6 Å². The Balaban J connectivity index is 2.36. The number of aryl methyl sites for hydroxylation is 1. The molecule has 0 saturated carbocycles. The molecule has 0 bridgehead atoms. The Bertz CT molecular complexity index is 421. The van der Waals surface area contributed by atoms with E-state index in [1.165, 1.54) is 5.56 Å². The Kier molecular flexibility index (Phi) is 3.71. The normalized spacial score (nSPS) is 19.7. The molecule has 3 nitrogen and oxygen atoms in total. The third-order valence-corrected chi connectivity index (χ3v) is 4.08. The zero-order valence-corrected chi connectivity index (χ0v) is 11.1. The third-order valence-electron chi connectivity index (χ3n) is 4.08. The number of carboxylic acids is 1. The number of aliphatic carboxylic acids is 1. The number of benzene rings is 1. The Labute approximate surface area is 108 Å². The minimum Gasteiger partial charge on any atom is -0.480 e. The summed E-state index contributed by atoms with van der Waals surface area (Å²) in [7, 11) is 0. The maximum Gasteiger partial charge on any atom is 0.328 e. The van der Waals surface area contributed by atoms with Crippen LogP contribution in [0.25, 0.3) is 0 Å². The van der Waals surface area contributed by atoms with Crippen LogP contribution in [0.15, 0.2) is 24.3 Å². The highest BCUT2D eigenvalue weighted by Crippen LogP contribution is 2.32. The van der Waals surface area contributed by atoms with Crippen LogP contribution in [0.3, 0.4) is 0 Å². The summed E-state index contributed by atoms with van der Waals surface area (Å²) in [6.45, 7) is 5.67. The molecule has 1 aromatic rings. The molecule has 1 saturated heterocycles. The summed E-state index contributed by atoms with van der Waals surface area (Å²) < 4.78 is 0. The van der Waals surface area contributed by atoms with Crippen LogP contribution in [0.2, 0.25) is 0 Å². The van der Waals surface area contributed by atoms with Gasteiger partial charge in [-0.1, -0.05) is 31.2 Å². The van der Waals surface area contributed by atoms with Crippen molar-refractivity contribution in [3.8, 4) is 0 Å². The first-order chi connectivity index (χ1) is 8.59. The van der Waals surface area contributed by atoms with E-state index in [0.717, 1.165) is 37.9 Å². The number of hydrogen-bond donors (Lipinski definition) is 1. The van der Waals surface area contributed by atoms with E-state index in [0.29, 0.717) is 0 Å². The highest BCUT2D eigenvalue weighted by molar-refractivity contribution is 5.80. The van der Waals surface area contributed by atoms with Crippen LogP contribution in [0, 0.1) is 0 Å². The smallest absolute Gasteiger partial charge is 0.328 e. The van der Waals surface area contributed by atoms with Gasteiger partial charge in [-0.15, -0.1) is 0 Å². The lowest BCUT2D eigenvalue weighted by molar-refractivity contribution is -0.150. The van der Waals surface area contributed by atoms with Crippen LogP contribution >= 0.6 is 0 Å². The fourth-order valence-electron chi connectivity index (χ4n) is 2.67. The van der Waals surface area contributed by atoms with E-state index in [1.54, 1.807) is 0 Å². The Morgan fingerprint density at radius 1 is 1.28 bits per heavy atom. The van der Waals surface area contributed by atoms with E-state index in [9.17, 15) is 9.90 Å². The SMILES string of the molecule is CCc1ccc(C(C)(C(=O)O)N2CCCC2)cc1. The van der Waals surface area contributed by atoms with Gasteiger partial charge < -0.3 is 5.11 Å². The topological polar surface area (TPSA) is 40.5 Å². The molecule has 1 N–H and O–H groups in total. The van der Waals surface area contributed by atoms with Gasteiger partial charge in [0.15, 0.2) is 0 Å². The van der Waals surface area contributed by atoms with Crippen molar-refractivity contribution < 1.29 is 9.90 Å². The summed E-state index contributed by atoms with van der Waals surface area (Å²) >= 11 is 0. The molecule has 1 unspecified atom stereocenters. The van der Waals surface area contributed by atoms with Gasteiger partial charge in [0.25, 0.3) is 0 Å². The van der Waals surface area contributed by atoms with Gasteiger partial charge in [-0.2, -0.15) is 0 Å². The monoisotopic (exact) mass is 247 g/mol. The summed E-state index contributed by atoms with van der Waals surface area (Å²) in [5, 5.41) is 9.63. The molecule has 1 aliphatic rings. The molecular formula is C15H21NO2. The first kappa shape index (κ1) is 13.1. The molecular weight excluding hydrogens is 226 g/mol. The van der Waals surface area contributed by atoms with Crippen LogP contribution in [0.5, 0.6) is 0 Å². The molecule has 18 heavy (non-hydrogen) atoms. The Morgan fingerprint density at radius 2 is 1.83 bits per heavy atom. The predicted molar refractivity (Wildman–Crippen MR) is 71.6 cm³/mol. The Hall–Kier alpha value is -1.35. The van der Waals surface area contributed by atoms with Gasteiger partial charge >= 0.3 is 5.97 Å². The van der Waals surface area contributed by atoms with Gasteiger partial charge in [0.05, 0.1) is 0 Å². The van der Waals surface area contributed by atoms with Gasteiger partial charge in [0.2, 0.25) is 0 Å². The van der Waals surface area contributed by atoms with Crippen molar-refractivity contribution in [2.75, 3.05) is 13.1 Å². The maximum atomic E-state index is 11.7. The second kappa shape index (κ2) is 5.11. The predicted octanol–water partition coefficient (Wildman–Crippen LogP) is 2.64. The van der Waals surface area contributed by atoms with Crippen LogP contribution in [-0.4, -0.2) is 29.1 Å². The van der Waals surface area contributed by atoms with Crippen LogP contribution in [0.1, 0.15) is 37.8 Å². The number of nitrogens with zero attached hydrogens (tertiary/aromatic N) is 1. The van der Waals surface area contributed by atoms with Crippen LogP contribution in [0.4, 0.5) is 0 Å². The zero-order valence-electron chi connectivity index (χ0n) is 11.1. The fourth-order valence-corrected chi connectivity index (χ4v) is 2.67. The Morgan fingerprint density at radius 3 is 2.28 bits per heavy atom. The molecule has 0 spiro atoms. The van der Waals surface area contributed by atoms with Gasteiger partial charge in [0, 0.05) is 0 Å². The highest BCUT2D eigenvalue weighted by Gasteiger charge is 2.42. The number of carbonyl (C=O) groups is 1. The largest absolute Gasteiger partial charge is 0.480 e. The average Bonchev–Trinajstić information content (AvgIpc) is 2.92. The van der Waals surface area contributed by atoms with Crippen molar-refractivity contribution >= 4 is 5.97 Å².